The Kier molecular flexibility index (Phi) is 4.99. The molecule has 0 aliphatic carbocycles. The summed E-state index contributed by atoms with van der Waals surface area (Å²) in [5, 5.41) is 9.08. The van der Waals surface area contributed by atoms with Gasteiger partial charge in [-0.05, 0) is 40.8 Å². The predicted octanol–water partition coefficient (Wildman–Crippen LogP) is 4.83. The first-order chi connectivity index (χ1) is 11.7. The van der Waals surface area contributed by atoms with Crippen LogP contribution in [0.25, 0.3) is 5.57 Å². The van der Waals surface area contributed by atoms with Gasteiger partial charge < -0.3 is 9.84 Å². The van der Waals surface area contributed by atoms with E-state index in [-0.39, 0.29) is 6.42 Å². The van der Waals surface area contributed by atoms with Crippen LogP contribution in [-0.4, -0.2) is 11.1 Å². The molecule has 0 saturated heterocycles. The maximum Gasteiger partial charge on any atom is 0.307 e. The molecule has 0 saturated carbocycles. The second-order valence-corrected chi connectivity index (χ2v) is 6.11. The molecule has 1 N–H and O–H groups in total. The Labute approximate surface area is 142 Å². The Morgan fingerprint density at radius 2 is 2.04 bits per heavy atom. The van der Waals surface area contributed by atoms with Crippen LogP contribution >= 0.6 is 0 Å². The highest BCUT2D eigenvalue weighted by molar-refractivity contribution is 5.85. The van der Waals surface area contributed by atoms with Crippen molar-refractivity contribution in [2.24, 2.45) is 0 Å². The smallest absolute Gasteiger partial charge is 0.307 e. The molecule has 2 aromatic carbocycles. The fraction of sp³-hybridized carbons (Fsp3) is 0.286. The van der Waals surface area contributed by atoms with Crippen molar-refractivity contribution in [1.29, 1.82) is 0 Å². The minimum Gasteiger partial charge on any atom is -0.488 e. The number of hydrogen-bond donors (Lipinski definition) is 1. The molecule has 2 aromatic rings. The first-order valence-electron chi connectivity index (χ1n) is 8.45. The molecule has 24 heavy (non-hydrogen) atoms. The minimum atomic E-state index is -0.818. The molecule has 0 radical (unpaired) electrons. The Morgan fingerprint density at radius 3 is 2.83 bits per heavy atom. The SMILES string of the molecule is CCCC/C=C1\c2ccccc2COc2ccc(CC(=O)O)cc21. The summed E-state index contributed by atoms with van der Waals surface area (Å²) in [6.45, 7) is 2.72. The van der Waals surface area contributed by atoms with Gasteiger partial charge in [0.1, 0.15) is 12.4 Å². The van der Waals surface area contributed by atoms with Gasteiger partial charge in [-0.15, -0.1) is 0 Å². The van der Waals surface area contributed by atoms with Gasteiger partial charge in [-0.3, -0.25) is 4.79 Å². The molecule has 0 amide bonds. The summed E-state index contributed by atoms with van der Waals surface area (Å²) in [7, 11) is 0. The Bertz CT molecular complexity index is 774. The summed E-state index contributed by atoms with van der Waals surface area (Å²) in [4.78, 5) is 11.0. The van der Waals surface area contributed by atoms with Crippen LogP contribution in [0.5, 0.6) is 5.75 Å². The number of carbonyl (C=O) groups is 1. The number of hydrogen-bond acceptors (Lipinski definition) is 2. The lowest BCUT2D eigenvalue weighted by atomic mass is 9.92. The number of carboxylic acids is 1. The van der Waals surface area contributed by atoms with Crippen molar-refractivity contribution in [2.45, 2.75) is 39.2 Å². The first kappa shape index (κ1) is 16.3. The van der Waals surface area contributed by atoms with Gasteiger partial charge in [0.25, 0.3) is 0 Å². The van der Waals surface area contributed by atoms with Gasteiger partial charge in [0, 0.05) is 5.56 Å². The van der Waals surface area contributed by atoms with E-state index in [1.807, 2.05) is 30.3 Å². The van der Waals surface area contributed by atoms with E-state index in [1.165, 1.54) is 5.56 Å². The molecule has 0 spiro atoms. The number of allylic oxidation sites excluding steroid dienone is 1. The highest BCUT2D eigenvalue weighted by Crippen LogP contribution is 2.37. The van der Waals surface area contributed by atoms with Gasteiger partial charge in [-0.1, -0.05) is 56.2 Å². The average molecular weight is 322 g/mol. The zero-order valence-electron chi connectivity index (χ0n) is 13.9. The maximum atomic E-state index is 11.0. The number of rotatable bonds is 5. The van der Waals surface area contributed by atoms with Gasteiger partial charge in [0.15, 0.2) is 0 Å². The quantitative estimate of drug-likeness (QED) is 0.802. The molecule has 1 aliphatic rings. The van der Waals surface area contributed by atoms with Crippen LogP contribution in [-0.2, 0) is 17.8 Å². The van der Waals surface area contributed by atoms with Crippen molar-refractivity contribution < 1.29 is 14.6 Å². The molecule has 3 rings (SSSR count). The van der Waals surface area contributed by atoms with E-state index in [1.54, 1.807) is 0 Å². The lowest BCUT2D eigenvalue weighted by Gasteiger charge is -2.12. The van der Waals surface area contributed by atoms with Crippen LogP contribution in [0.1, 0.15) is 48.4 Å². The Hall–Kier alpha value is -2.55. The number of benzene rings is 2. The highest BCUT2D eigenvalue weighted by atomic mass is 16.5. The zero-order chi connectivity index (χ0) is 16.9. The van der Waals surface area contributed by atoms with E-state index >= 15 is 0 Å². The van der Waals surface area contributed by atoms with E-state index in [4.69, 9.17) is 9.84 Å². The van der Waals surface area contributed by atoms with Crippen molar-refractivity contribution in [3.8, 4) is 5.75 Å². The molecule has 0 fully saturated rings. The van der Waals surface area contributed by atoms with E-state index in [0.717, 1.165) is 47.3 Å². The third-order valence-corrected chi connectivity index (χ3v) is 4.29. The van der Waals surface area contributed by atoms with Crippen molar-refractivity contribution in [2.75, 3.05) is 0 Å². The topological polar surface area (TPSA) is 46.5 Å². The number of ether oxygens (including phenoxy) is 1. The van der Waals surface area contributed by atoms with Crippen LogP contribution in [0.2, 0.25) is 0 Å². The van der Waals surface area contributed by atoms with Crippen molar-refractivity contribution in [1.82, 2.24) is 0 Å². The van der Waals surface area contributed by atoms with Gasteiger partial charge in [0.2, 0.25) is 0 Å². The first-order valence-corrected chi connectivity index (χ1v) is 8.45. The van der Waals surface area contributed by atoms with Gasteiger partial charge in [0.05, 0.1) is 6.42 Å². The number of fused-ring (bicyclic) bond motifs is 2. The molecule has 3 heteroatoms. The van der Waals surface area contributed by atoms with Gasteiger partial charge in [-0.25, -0.2) is 0 Å². The summed E-state index contributed by atoms with van der Waals surface area (Å²) in [6.07, 6.45) is 5.57. The van der Waals surface area contributed by atoms with Gasteiger partial charge in [-0.2, -0.15) is 0 Å². The van der Waals surface area contributed by atoms with Crippen molar-refractivity contribution >= 4 is 11.5 Å². The second-order valence-electron chi connectivity index (χ2n) is 6.11. The monoisotopic (exact) mass is 322 g/mol. The molecule has 1 heterocycles. The van der Waals surface area contributed by atoms with E-state index in [0.29, 0.717) is 6.61 Å². The number of unbranched alkanes of at least 4 members (excludes halogenated alkanes) is 2. The van der Waals surface area contributed by atoms with Crippen LogP contribution in [0.15, 0.2) is 48.5 Å². The van der Waals surface area contributed by atoms with Crippen molar-refractivity contribution in [3.05, 3.63) is 70.8 Å². The minimum absolute atomic E-state index is 0.0250. The molecular formula is C21H22O3. The molecule has 0 aromatic heterocycles. The number of carboxylic acid groups (broad SMARTS) is 1. The van der Waals surface area contributed by atoms with Crippen LogP contribution < -0.4 is 4.74 Å². The molecule has 0 bridgehead atoms. The number of aliphatic carboxylic acids is 1. The third-order valence-electron chi connectivity index (χ3n) is 4.29. The van der Waals surface area contributed by atoms with Crippen LogP contribution in [0.3, 0.4) is 0 Å². The second kappa shape index (κ2) is 7.35. The summed E-state index contributed by atoms with van der Waals surface area (Å²) in [6, 6.07) is 14.0. The standard InChI is InChI=1S/C21H22O3/c1-2-3-4-9-18-17-8-6-5-7-16(17)14-24-20-11-10-15(12-19(18)20)13-21(22)23/h5-12H,2-4,13-14H2,1H3,(H,22,23)/b18-9+. The van der Waals surface area contributed by atoms with E-state index < -0.39 is 5.97 Å². The molecule has 0 atom stereocenters. The third kappa shape index (κ3) is 3.51. The Balaban J connectivity index is 2.10. The van der Waals surface area contributed by atoms with Crippen LogP contribution in [0, 0.1) is 0 Å². The largest absolute Gasteiger partial charge is 0.488 e. The average Bonchev–Trinajstić information content (AvgIpc) is 2.72. The maximum absolute atomic E-state index is 11.0. The summed E-state index contributed by atoms with van der Waals surface area (Å²) >= 11 is 0. The Morgan fingerprint density at radius 1 is 1.21 bits per heavy atom. The fourth-order valence-electron chi connectivity index (χ4n) is 3.08. The molecule has 124 valence electrons. The van der Waals surface area contributed by atoms with E-state index in [9.17, 15) is 4.79 Å². The summed E-state index contributed by atoms with van der Waals surface area (Å²) in [5.74, 6) is 0.00416. The molecule has 0 unspecified atom stereocenters. The lowest BCUT2D eigenvalue weighted by Crippen LogP contribution is -2.01. The predicted molar refractivity (Wildman–Crippen MR) is 95.2 cm³/mol. The van der Waals surface area contributed by atoms with E-state index in [2.05, 4.69) is 25.1 Å². The highest BCUT2D eigenvalue weighted by Gasteiger charge is 2.19. The fourth-order valence-corrected chi connectivity index (χ4v) is 3.08. The summed E-state index contributed by atoms with van der Waals surface area (Å²) in [5.41, 5.74) is 5.29. The van der Waals surface area contributed by atoms with Crippen LogP contribution in [0.4, 0.5) is 0 Å². The normalized spacial score (nSPS) is 14.5. The van der Waals surface area contributed by atoms with Gasteiger partial charge >= 0.3 is 5.97 Å². The zero-order valence-corrected chi connectivity index (χ0v) is 13.9. The lowest BCUT2D eigenvalue weighted by molar-refractivity contribution is -0.136. The molecular weight excluding hydrogens is 300 g/mol. The van der Waals surface area contributed by atoms with Crippen molar-refractivity contribution in [3.63, 3.8) is 0 Å². The molecule has 1 aliphatic heterocycles. The molecule has 3 nitrogen and oxygen atoms in total. The summed E-state index contributed by atoms with van der Waals surface area (Å²) < 4.78 is 5.98.